The van der Waals surface area contributed by atoms with Crippen molar-refractivity contribution >= 4 is 23.4 Å². The molecule has 0 saturated carbocycles. The van der Waals surface area contributed by atoms with Crippen LogP contribution in [0, 0.1) is 20.8 Å². The van der Waals surface area contributed by atoms with Crippen LogP contribution in [-0.2, 0) is 22.6 Å². The van der Waals surface area contributed by atoms with Crippen LogP contribution in [0.5, 0.6) is 0 Å². The number of esters is 1. The summed E-state index contributed by atoms with van der Waals surface area (Å²) in [6.45, 7) is 5.72. The van der Waals surface area contributed by atoms with E-state index in [-0.39, 0.29) is 24.6 Å². The maximum atomic E-state index is 12.2. The number of carbonyl (C=O) groups excluding carboxylic acids is 1. The van der Waals surface area contributed by atoms with Gasteiger partial charge in [0.15, 0.2) is 5.16 Å². The van der Waals surface area contributed by atoms with Gasteiger partial charge in [-0.15, -0.1) is 0 Å². The zero-order valence-corrected chi connectivity index (χ0v) is 17.2. The van der Waals surface area contributed by atoms with Crippen molar-refractivity contribution in [1.82, 2.24) is 19.4 Å². The minimum Gasteiger partial charge on any atom is -0.459 e. The fraction of sp³-hybridized carbons (Fsp3) is 0.350. The Morgan fingerprint density at radius 1 is 1.14 bits per heavy atom. The molecule has 3 rings (SSSR count). The van der Waals surface area contributed by atoms with Crippen LogP contribution in [0.25, 0.3) is 5.65 Å². The van der Waals surface area contributed by atoms with Crippen molar-refractivity contribution in [3.63, 3.8) is 0 Å². The second-order valence-corrected chi connectivity index (χ2v) is 7.31. The Morgan fingerprint density at radius 3 is 2.54 bits per heavy atom. The van der Waals surface area contributed by atoms with E-state index in [0.29, 0.717) is 17.8 Å². The Morgan fingerprint density at radius 2 is 1.86 bits per heavy atom. The molecule has 3 heterocycles. The monoisotopic (exact) mass is 398 g/mol. The van der Waals surface area contributed by atoms with Crippen molar-refractivity contribution in [1.29, 1.82) is 0 Å². The summed E-state index contributed by atoms with van der Waals surface area (Å²) in [6, 6.07) is 5.04. The molecule has 28 heavy (non-hydrogen) atoms. The molecule has 0 aliphatic rings. The average molecular weight is 398 g/mol. The van der Waals surface area contributed by atoms with Gasteiger partial charge >= 0.3 is 5.97 Å². The molecule has 0 N–H and O–H groups in total. The number of ether oxygens (including phenoxy) is 1. The van der Waals surface area contributed by atoms with Gasteiger partial charge in [0.2, 0.25) is 0 Å². The second-order valence-electron chi connectivity index (χ2n) is 6.54. The second kappa shape index (κ2) is 8.52. The number of carbonyl (C=O) groups is 1. The molecule has 146 valence electrons. The predicted octanol–water partition coefficient (Wildman–Crippen LogP) is 2.81. The van der Waals surface area contributed by atoms with E-state index in [0.717, 1.165) is 27.7 Å². The molecule has 0 aliphatic carbocycles. The van der Waals surface area contributed by atoms with Gasteiger partial charge < -0.3 is 4.74 Å². The largest absolute Gasteiger partial charge is 0.459 e. The standard InChI is InChI=1S/C20H22N4O3S/c1-12-5-7-17-23-15(9-18(25)24(17)10-12)11-27-19(26)8-6-16-13(2)21-20(28-4)22-14(16)3/h5,7,9-10H,6,8,11H2,1-4H3. The highest BCUT2D eigenvalue weighted by Crippen LogP contribution is 2.17. The van der Waals surface area contributed by atoms with Crippen molar-refractivity contribution in [2.45, 2.75) is 45.4 Å². The number of aromatic nitrogens is 4. The lowest BCUT2D eigenvalue weighted by Crippen LogP contribution is -2.17. The third-order valence-electron chi connectivity index (χ3n) is 4.40. The van der Waals surface area contributed by atoms with Gasteiger partial charge in [-0.25, -0.2) is 15.0 Å². The van der Waals surface area contributed by atoms with E-state index >= 15 is 0 Å². The molecule has 0 fully saturated rings. The lowest BCUT2D eigenvalue weighted by atomic mass is 10.1. The van der Waals surface area contributed by atoms with E-state index in [9.17, 15) is 9.59 Å². The van der Waals surface area contributed by atoms with Crippen molar-refractivity contribution in [2.24, 2.45) is 0 Å². The Hall–Kier alpha value is -2.74. The van der Waals surface area contributed by atoms with E-state index in [4.69, 9.17) is 4.74 Å². The number of hydrogen-bond acceptors (Lipinski definition) is 7. The Kier molecular flexibility index (Phi) is 6.08. The molecule has 0 aromatic carbocycles. The molecule has 0 atom stereocenters. The van der Waals surface area contributed by atoms with E-state index in [1.807, 2.05) is 33.1 Å². The molecular formula is C20H22N4O3S. The summed E-state index contributed by atoms with van der Waals surface area (Å²) in [7, 11) is 0. The van der Waals surface area contributed by atoms with Crippen LogP contribution in [-0.4, -0.2) is 31.6 Å². The summed E-state index contributed by atoms with van der Waals surface area (Å²) < 4.78 is 6.78. The fourth-order valence-electron chi connectivity index (χ4n) is 2.95. The van der Waals surface area contributed by atoms with Crippen LogP contribution >= 0.6 is 11.8 Å². The summed E-state index contributed by atoms with van der Waals surface area (Å²) >= 11 is 1.49. The first-order valence-electron chi connectivity index (χ1n) is 8.90. The smallest absolute Gasteiger partial charge is 0.306 e. The van der Waals surface area contributed by atoms with Crippen molar-refractivity contribution in [2.75, 3.05) is 6.26 Å². The summed E-state index contributed by atoms with van der Waals surface area (Å²) in [5.41, 5.74) is 4.46. The predicted molar refractivity (Wildman–Crippen MR) is 108 cm³/mol. The third-order valence-corrected chi connectivity index (χ3v) is 4.95. The summed E-state index contributed by atoms with van der Waals surface area (Å²) in [6.07, 6.45) is 4.39. The Bertz CT molecular complexity index is 1070. The van der Waals surface area contributed by atoms with Crippen molar-refractivity contribution < 1.29 is 9.53 Å². The van der Waals surface area contributed by atoms with Crippen LogP contribution in [0.3, 0.4) is 0 Å². The normalized spacial score (nSPS) is 11.0. The van der Waals surface area contributed by atoms with Gasteiger partial charge in [0.1, 0.15) is 12.3 Å². The molecule has 0 spiro atoms. The molecule has 0 radical (unpaired) electrons. The first-order chi connectivity index (χ1) is 13.4. The summed E-state index contributed by atoms with van der Waals surface area (Å²) in [4.78, 5) is 37.6. The molecule has 3 aromatic rings. The van der Waals surface area contributed by atoms with Gasteiger partial charge in [0, 0.05) is 30.1 Å². The zero-order valence-electron chi connectivity index (χ0n) is 16.4. The van der Waals surface area contributed by atoms with E-state index in [1.54, 1.807) is 12.3 Å². The summed E-state index contributed by atoms with van der Waals surface area (Å²) in [5, 5.41) is 0.727. The van der Waals surface area contributed by atoms with Gasteiger partial charge in [0.25, 0.3) is 5.56 Å². The molecule has 3 aromatic heterocycles. The van der Waals surface area contributed by atoms with Gasteiger partial charge in [-0.3, -0.25) is 14.0 Å². The Labute approximate surface area is 167 Å². The summed E-state index contributed by atoms with van der Waals surface area (Å²) in [5.74, 6) is -0.348. The van der Waals surface area contributed by atoms with E-state index in [2.05, 4.69) is 15.0 Å². The molecule has 8 heteroatoms. The number of nitrogens with zero attached hydrogens (tertiary/aromatic N) is 4. The highest BCUT2D eigenvalue weighted by atomic mass is 32.2. The molecule has 0 aliphatic heterocycles. The first-order valence-corrected chi connectivity index (χ1v) is 10.1. The van der Waals surface area contributed by atoms with Crippen LogP contribution in [0.15, 0.2) is 34.3 Å². The van der Waals surface area contributed by atoms with Crippen LogP contribution in [0.4, 0.5) is 0 Å². The van der Waals surface area contributed by atoms with Gasteiger partial charge in [0.05, 0.1) is 5.69 Å². The molecule has 0 amide bonds. The SMILES string of the molecule is CSc1nc(C)c(CCC(=O)OCc2cc(=O)n3cc(C)ccc3n2)c(C)n1. The van der Waals surface area contributed by atoms with Gasteiger partial charge in [-0.2, -0.15) is 0 Å². The maximum absolute atomic E-state index is 12.2. The van der Waals surface area contributed by atoms with E-state index < -0.39 is 0 Å². The number of pyridine rings is 1. The fourth-order valence-corrected chi connectivity index (χ4v) is 3.40. The molecule has 0 unspecified atom stereocenters. The van der Waals surface area contributed by atoms with Crippen LogP contribution < -0.4 is 5.56 Å². The van der Waals surface area contributed by atoms with Gasteiger partial charge in [-0.1, -0.05) is 17.8 Å². The third kappa shape index (κ3) is 4.56. The van der Waals surface area contributed by atoms with Crippen molar-refractivity contribution in [3.05, 3.63) is 63.0 Å². The lowest BCUT2D eigenvalue weighted by molar-refractivity contribution is -0.145. The first kappa shape index (κ1) is 20.0. The number of rotatable bonds is 6. The lowest BCUT2D eigenvalue weighted by Gasteiger charge is -2.10. The molecule has 0 bridgehead atoms. The van der Waals surface area contributed by atoms with Gasteiger partial charge in [-0.05, 0) is 50.6 Å². The number of aryl methyl sites for hydroxylation is 3. The Balaban J connectivity index is 1.63. The molecule has 7 nitrogen and oxygen atoms in total. The number of hydrogen-bond donors (Lipinski definition) is 0. The molecule has 0 saturated heterocycles. The highest BCUT2D eigenvalue weighted by Gasteiger charge is 2.12. The topological polar surface area (TPSA) is 86.5 Å². The van der Waals surface area contributed by atoms with Crippen LogP contribution in [0.2, 0.25) is 0 Å². The van der Waals surface area contributed by atoms with Crippen LogP contribution in [0.1, 0.15) is 34.6 Å². The maximum Gasteiger partial charge on any atom is 0.306 e. The van der Waals surface area contributed by atoms with Crippen molar-refractivity contribution in [3.8, 4) is 0 Å². The average Bonchev–Trinajstić information content (AvgIpc) is 2.66. The number of thioether (sulfide) groups is 1. The highest BCUT2D eigenvalue weighted by molar-refractivity contribution is 7.98. The molecular weight excluding hydrogens is 376 g/mol. The minimum absolute atomic E-state index is 0.0294. The van der Waals surface area contributed by atoms with E-state index in [1.165, 1.54) is 22.2 Å². The minimum atomic E-state index is -0.348. The zero-order chi connectivity index (χ0) is 20.3. The quantitative estimate of drug-likeness (QED) is 0.358. The number of fused-ring (bicyclic) bond motifs is 1.